The standard InChI is InChI=1S/C14H18N4O.ClH/c15-8-6-14(19)16-9-7-12-10-17-18(11-12)13-4-2-1-3-5-13;/h1-5,10-11H,6-9,15H2,(H,16,19);1H. The molecular formula is C14H19ClN4O. The first kappa shape index (κ1) is 16.2. The van der Waals surface area contributed by atoms with Gasteiger partial charge in [-0.15, -0.1) is 12.4 Å². The van der Waals surface area contributed by atoms with Gasteiger partial charge in [-0.1, -0.05) is 18.2 Å². The fourth-order valence-electron chi connectivity index (χ4n) is 1.78. The van der Waals surface area contributed by atoms with Crippen LogP contribution in [-0.2, 0) is 11.2 Å². The lowest BCUT2D eigenvalue weighted by atomic mass is 10.2. The zero-order chi connectivity index (χ0) is 13.5. The molecule has 0 saturated heterocycles. The average molecular weight is 295 g/mol. The summed E-state index contributed by atoms with van der Waals surface area (Å²) in [6.45, 7) is 0.997. The highest BCUT2D eigenvalue weighted by Crippen LogP contribution is 2.07. The Morgan fingerprint density at radius 1 is 1.30 bits per heavy atom. The van der Waals surface area contributed by atoms with Gasteiger partial charge in [-0.05, 0) is 24.1 Å². The van der Waals surface area contributed by atoms with Crippen LogP contribution in [0, 0.1) is 0 Å². The number of nitrogens with zero attached hydrogens (tertiary/aromatic N) is 2. The van der Waals surface area contributed by atoms with Gasteiger partial charge in [0, 0.05) is 25.7 Å². The lowest BCUT2D eigenvalue weighted by molar-refractivity contribution is -0.120. The molecule has 5 nitrogen and oxygen atoms in total. The number of rotatable bonds is 6. The number of amides is 1. The number of carbonyl (C=O) groups excluding carboxylic acids is 1. The normalized spacial score (nSPS) is 9.85. The van der Waals surface area contributed by atoms with Crippen LogP contribution in [0.2, 0.25) is 0 Å². The Morgan fingerprint density at radius 2 is 2.05 bits per heavy atom. The third-order valence-corrected chi connectivity index (χ3v) is 2.76. The Hall–Kier alpha value is -1.85. The van der Waals surface area contributed by atoms with E-state index in [2.05, 4.69) is 10.4 Å². The lowest BCUT2D eigenvalue weighted by Gasteiger charge is -2.02. The van der Waals surface area contributed by atoms with Crippen molar-refractivity contribution in [3.05, 3.63) is 48.3 Å². The smallest absolute Gasteiger partial charge is 0.221 e. The molecule has 1 aromatic carbocycles. The van der Waals surface area contributed by atoms with Gasteiger partial charge in [0.1, 0.15) is 0 Å². The molecule has 0 saturated carbocycles. The molecule has 0 unspecified atom stereocenters. The predicted molar refractivity (Wildman–Crippen MR) is 81.2 cm³/mol. The number of nitrogens with one attached hydrogen (secondary N) is 1. The van der Waals surface area contributed by atoms with Crippen molar-refractivity contribution >= 4 is 18.3 Å². The molecular weight excluding hydrogens is 276 g/mol. The van der Waals surface area contributed by atoms with Crippen molar-refractivity contribution in [3.63, 3.8) is 0 Å². The molecule has 0 fully saturated rings. The van der Waals surface area contributed by atoms with Gasteiger partial charge in [0.2, 0.25) is 5.91 Å². The summed E-state index contributed by atoms with van der Waals surface area (Å²) in [5, 5.41) is 7.13. The fourth-order valence-corrected chi connectivity index (χ4v) is 1.78. The van der Waals surface area contributed by atoms with Gasteiger partial charge in [-0.2, -0.15) is 5.10 Å². The number of hydrogen-bond acceptors (Lipinski definition) is 3. The van der Waals surface area contributed by atoms with E-state index in [1.54, 1.807) is 0 Å². The Morgan fingerprint density at radius 3 is 2.75 bits per heavy atom. The number of nitrogens with two attached hydrogens (primary N) is 1. The first-order valence-electron chi connectivity index (χ1n) is 6.35. The zero-order valence-corrected chi connectivity index (χ0v) is 12.0. The quantitative estimate of drug-likeness (QED) is 0.843. The van der Waals surface area contributed by atoms with Crippen LogP contribution in [0.4, 0.5) is 0 Å². The molecule has 0 aliphatic rings. The number of para-hydroxylation sites is 1. The van der Waals surface area contributed by atoms with Gasteiger partial charge in [0.05, 0.1) is 11.9 Å². The molecule has 0 spiro atoms. The van der Waals surface area contributed by atoms with E-state index in [1.807, 2.05) is 47.4 Å². The molecule has 108 valence electrons. The number of hydrogen-bond donors (Lipinski definition) is 2. The predicted octanol–water partition coefficient (Wildman–Crippen LogP) is 1.30. The van der Waals surface area contributed by atoms with E-state index in [9.17, 15) is 4.79 Å². The monoisotopic (exact) mass is 294 g/mol. The Kier molecular flexibility index (Phi) is 6.76. The molecule has 20 heavy (non-hydrogen) atoms. The van der Waals surface area contributed by atoms with Crippen LogP contribution >= 0.6 is 12.4 Å². The Balaban J connectivity index is 0.00000200. The summed E-state index contributed by atoms with van der Waals surface area (Å²) in [7, 11) is 0. The van der Waals surface area contributed by atoms with Crippen molar-refractivity contribution < 1.29 is 4.79 Å². The molecule has 0 radical (unpaired) electrons. The maximum atomic E-state index is 11.2. The summed E-state index contributed by atoms with van der Waals surface area (Å²) in [6, 6.07) is 9.92. The third kappa shape index (κ3) is 4.68. The summed E-state index contributed by atoms with van der Waals surface area (Å²) in [4.78, 5) is 11.2. The molecule has 0 aliphatic heterocycles. The molecule has 2 aromatic rings. The van der Waals surface area contributed by atoms with Crippen molar-refractivity contribution in [2.75, 3.05) is 13.1 Å². The maximum absolute atomic E-state index is 11.2. The molecule has 1 aromatic heterocycles. The maximum Gasteiger partial charge on any atom is 0.221 e. The highest BCUT2D eigenvalue weighted by atomic mass is 35.5. The molecule has 0 aliphatic carbocycles. The zero-order valence-electron chi connectivity index (χ0n) is 11.2. The van der Waals surface area contributed by atoms with Gasteiger partial charge in [0.25, 0.3) is 0 Å². The average Bonchev–Trinajstić information content (AvgIpc) is 2.89. The fraction of sp³-hybridized carbons (Fsp3) is 0.286. The lowest BCUT2D eigenvalue weighted by Crippen LogP contribution is -2.27. The first-order valence-corrected chi connectivity index (χ1v) is 6.35. The molecule has 1 amide bonds. The van der Waals surface area contributed by atoms with Crippen molar-refractivity contribution in [2.45, 2.75) is 12.8 Å². The second-order valence-corrected chi connectivity index (χ2v) is 4.27. The summed E-state index contributed by atoms with van der Waals surface area (Å²) in [5.41, 5.74) is 7.43. The molecule has 0 bridgehead atoms. The molecule has 2 rings (SSSR count). The van der Waals surface area contributed by atoms with Crippen molar-refractivity contribution in [1.82, 2.24) is 15.1 Å². The van der Waals surface area contributed by atoms with E-state index in [-0.39, 0.29) is 18.3 Å². The SMILES string of the molecule is Cl.NCCC(=O)NCCc1cnn(-c2ccccc2)c1. The van der Waals surface area contributed by atoms with Crippen molar-refractivity contribution in [3.8, 4) is 5.69 Å². The van der Waals surface area contributed by atoms with E-state index in [0.717, 1.165) is 17.7 Å². The van der Waals surface area contributed by atoms with E-state index in [1.165, 1.54) is 0 Å². The summed E-state index contributed by atoms with van der Waals surface area (Å²) in [5.74, 6) is -0.00190. The third-order valence-electron chi connectivity index (χ3n) is 2.76. The second-order valence-electron chi connectivity index (χ2n) is 4.27. The molecule has 0 atom stereocenters. The van der Waals surface area contributed by atoms with Gasteiger partial charge >= 0.3 is 0 Å². The number of carbonyl (C=O) groups is 1. The second kappa shape index (κ2) is 8.35. The largest absolute Gasteiger partial charge is 0.356 e. The van der Waals surface area contributed by atoms with Gasteiger partial charge < -0.3 is 11.1 Å². The summed E-state index contributed by atoms with van der Waals surface area (Å²) < 4.78 is 1.83. The van der Waals surface area contributed by atoms with E-state index < -0.39 is 0 Å². The number of aromatic nitrogens is 2. The molecule has 6 heteroatoms. The highest BCUT2D eigenvalue weighted by molar-refractivity contribution is 5.85. The van der Waals surface area contributed by atoms with Crippen molar-refractivity contribution in [2.24, 2.45) is 5.73 Å². The topological polar surface area (TPSA) is 72.9 Å². The highest BCUT2D eigenvalue weighted by Gasteiger charge is 2.02. The van der Waals surface area contributed by atoms with Crippen LogP contribution in [0.25, 0.3) is 5.69 Å². The van der Waals surface area contributed by atoms with Crippen LogP contribution in [0.15, 0.2) is 42.7 Å². The van der Waals surface area contributed by atoms with Crippen LogP contribution < -0.4 is 11.1 Å². The van der Waals surface area contributed by atoms with Crippen LogP contribution in [0.3, 0.4) is 0 Å². The number of benzene rings is 1. The van der Waals surface area contributed by atoms with Crippen LogP contribution in [0.1, 0.15) is 12.0 Å². The van der Waals surface area contributed by atoms with Gasteiger partial charge in [-0.25, -0.2) is 4.68 Å². The van der Waals surface area contributed by atoms with Crippen molar-refractivity contribution in [1.29, 1.82) is 0 Å². The van der Waals surface area contributed by atoms with Gasteiger partial charge in [0.15, 0.2) is 0 Å². The van der Waals surface area contributed by atoms with E-state index in [4.69, 9.17) is 5.73 Å². The molecule has 1 heterocycles. The van der Waals surface area contributed by atoms with E-state index >= 15 is 0 Å². The first-order chi connectivity index (χ1) is 9.29. The summed E-state index contributed by atoms with van der Waals surface area (Å²) in [6.07, 6.45) is 4.94. The Bertz CT molecular complexity index is 527. The minimum atomic E-state index is -0.00190. The Labute approximate surface area is 124 Å². The van der Waals surface area contributed by atoms with Gasteiger partial charge in [-0.3, -0.25) is 4.79 Å². The minimum Gasteiger partial charge on any atom is -0.356 e. The van der Waals surface area contributed by atoms with Crippen LogP contribution in [0.5, 0.6) is 0 Å². The molecule has 3 N–H and O–H groups in total. The van der Waals surface area contributed by atoms with E-state index in [0.29, 0.717) is 19.5 Å². The number of halogens is 1. The minimum absolute atomic E-state index is 0. The van der Waals surface area contributed by atoms with Crippen LogP contribution in [-0.4, -0.2) is 28.8 Å². The summed E-state index contributed by atoms with van der Waals surface area (Å²) >= 11 is 0.